The molecule has 0 aliphatic carbocycles. The van der Waals surface area contributed by atoms with Gasteiger partial charge in [0.1, 0.15) is 5.82 Å². The van der Waals surface area contributed by atoms with Crippen molar-refractivity contribution < 1.29 is 9.59 Å². The number of nitrogens with zero attached hydrogens (tertiary/aromatic N) is 4. The molecule has 3 heterocycles. The van der Waals surface area contributed by atoms with E-state index in [2.05, 4.69) is 23.7 Å². The second-order valence-corrected chi connectivity index (χ2v) is 7.79. The molecule has 6 nitrogen and oxygen atoms in total. The quantitative estimate of drug-likeness (QED) is 0.837. The first-order valence-corrected chi connectivity index (χ1v) is 10.1. The Morgan fingerprint density at radius 3 is 2.63 bits per heavy atom. The highest BCUT2D eigenvalue weighted by Gasteiger charge is 2.34. The van der Waals surface area contributed by atoms with Gasteiger partial charge in [-0.2, -0.15) is 0 Å². The first-order valence-electron chi connectivity index (χ1n) is 10.1. The number of likely N-dealkylation sites (tertiary alicyclic amines) is 2. The van der Waals surface area contributed by atoms with Gasteiger partial charge < -0.3 is 14.4 Å². The second-order valence-electron chi connectivity index (χ2n) is 7.79. The number of piperidine rings is 2. The van der Waals surface area contributed by atoms with Crippen LogP contribution in [-0.2, 0) is 16.6 Å². The number of rotatable bonds is 3. The molecule has 2 aliphatic rings. The first kappa shape index (κ1) is 18.0. The molecule has 4 rings (SSSR count). The predicted molar refractivity (Wildman–Crippen MR) is 104 cm³/mol. The number of carbonyl (C=O) groups excluding carboxylic acids is 2. The van der Waals surface area contributed by atoms with Crippen LogP contribution in [0.25, 0.3) is 11.0 Å². The van der Waals surface area contributed by atoms with Crippen LogP contribution in [0.3, 0.4) is 0 Å². The monoisotopic (exact) mass is 368 g/mol. The molecule has 0 unspecified atom stereocenters. The molecule has 2 amide bonds. The largest absolute Gasteiger partial charge is 0.342 e. The number of hydrogen-bond acceptors (Lipinski definition) is 3. The predicted octanol–water partition coefficient (Wildman–Crippen LogP) is 2.54. The van der Waals surface area contributed by atoms with Crippen molar-refractivity contribution in [1.82, 2.24) is 19.4 Å². The zero-order valence-electron chi connectivity index (χ0n) is 16.2. The molecule has 1 aromatic heterocycles. The van der Waals surface area contributed by atoms with Gasteiger partial charge in [-0.1, -0.05) is 12.1 Å². The van der Waals surface area contributed by atoms with Crippen LogP contribution in [0.2, 0.25) is 0 Å². The minimum absolute atomic E-state index is 0.0325. The summed E-state index contributed by atoms with van der Waals surface area (Å²) < 4.78 is 2.20. The SMILES string of the molecule is CCN1C[C@H](C(=O)N2CCC(c3nc4ccccc4n3C)CC2)CCC1=O. The number of aromatic nitrogens is 2. The summed E-state index contributed by atoms with van der Waals surface area (Å²) in [5.74, 6) is 1.90. The van der Waals surface area contributed by atoms with Crippen molar-refractivity contribution in [2.45, 2.75) is 38.5 Å². The van der Waals surface area contributed by atoms with Crippen LogP contribution in [0.4, 0.5) is 0 Å². The van der Waals surface area contributed by atoms with E-state index in [4.69, 9.17) is 4.98 Å². The molecule has 0 spiro atoms. The lowest BCUT2D eigenvalue weighted by atomic mass is 9.92. The summed E-state index contributed by atoms with van der Waals surface area (Å²) in [5.41, 5.74) is 2.21. The first-order chi connectivity index (χ1) is 13.1. The normalized spacial score (nSPS) is 21.9. The highest BCUT2D eigenvalue weighted by molar-refractivity contribution is 5.84. The molecule has 27 heavy (non-hydrogen) atoms. The standard InChI is InChI=1S/C21H28N4O2/c1-3-24-14-16(8-9-19(24)26)21(27)25-12-10-15(11-13-25)20-22-17-6-4-5-7-18(17)23(20)2/h4-7,15-16H,3,8-14H2,1-2H3/t16-/m1/s1. The van der Waals surface area contributed by atoms with Crippen LogP contribution in [0.1, 0.15) is 44.3 Å². The van der Waals surface area contributed by atoms with E-state index in [1.807, 2.05) is 28.9 Å². The van der Waals surface area contributed by atoms with Crippen LogP contribution in [-0.4, -0.2) is 57.3 Å². The number of para-hydroxylation sites is 2. The zero-order chi connectivity index (χ0) is 19.0. The lowest BCUT2D eigenvalue weighted by molar-refractivity contribution is -0.143. The topological polar surface area (TPSA) is 58.4 Å². The maximum atomic E-state index is 12.9. The molecule has 6 heteroatoms. The fourth-order valence-corrected chi connectivity index (χ4v) is 4.57. The fourth-order valence-electron chi connectivity index (χ4n) is 4.57. The molecule has 144 valence electrons. The second kappa shape index (κ2) is 7.33. The van der Waals surface area contributed by atoms with Gasteiger partial charge in [0.25, 0.3) is 0 Å². The van der Waals surface area contributed by atoms with E-state index in [-0.39, 0.29) is 17.7 Å². The number of amides is 2. The lowest BCUT2D eigenvalue weighted by Gasteiger charge is -2.37. The van der Waals surface area contributed by atoms with Crippen molar-refractivity contribution in [2.75, 3.05) is 26.2 Å². The van der Waals surface area contributed by atoms with E-state index in [9.17, 15) is 9.59 Å². The van der Waals surface area contributed by atoms with Crippen molar-refractivity contribution in [3.8, 4) is 0 Å². The van der Waals surface area contributed by atoms with E-state index in [1.54, 1.807) is 0 Å². The summed E-state index contributed by atoms with van der Waals surface area (Å²) in [6, 6.07) is 8.23. The van der Waals surface area contributed by atoms with Gasteiger partial charge in [0.15, 0.2) is 0 Å². The van der Waals surface area contributed by atoms with Crippen molar-refractivity contribution in [2.24, 2.45) is 13.0 Å². The molecule has 1 atom stereocenters. The Balaban J connectivity index is 1.40. The summed E-state index contributed by atoms with van der Waals surface area (Å²) >= 11 is 0. The van der Waals surface area contributed by atoms with Crippen molar-refractivity contribution in [3.05, 3.63) is 30.1 Å². The van der Waals surface area contributed by atoms with Gasteiger partial charge in [-0.15, -0.1) is 0 Å². The molecule has 2 aliphatic heterocycles. The summed E-state index contributed by atoms with van der Waals surface area (Å²) in [7, 11) is 2.08. The van der Waals surface area contributed by atoms with Gasteiger partial charge >= 0.3 is 0 Å². The molecule has 0 radical (unpaired) electrons. The minimum Gasteiger partial charge on any atom is -0.342 e. The van der Waals surface area contributed by atoms with Crippen LogP contribution in [0.15, 0.2) is 24.3 Å². The molecule has 2 aromatic rings. The van der Waals surface area contributed by atoms with Gasteiger partial charge in [0.05, 0.1) is 17.0 Å². The Morgan fingerprint density at radius 2 is 1.93 bits per heavy atom. The van der Waals surface area contributed by atoms with Crippen LogP contribution in [0.5, 0.6) is 0 Å². The van der Waals surface area contributed by atoms with Gasteiger partial charge in [0, 0.05) is 45.6 Å². The van der Waals surface area contributed by atoms with Crippen molar-refractivity contribution in [1.29, 1.82) is 0 Å². The maximum Gasteiger partial charge on any atom is 0.227 e. The number of hydrogen-bond donors (Lipinski definition) is 0. The van der Waals surface area contributed by atoms with Crippen LogP contribution < -0.4 is 0 Å². The van der Waals surface area contributed by atoms with E-state index in [0.29, 0.717) is 31.8 Å². The third-order valence-corrected chi connectivity index (χ3v) is 6.22. The Kier molecular flexibility index (Phi) is 4.89. The van der Waals surface area contributed by atoms with Gasteiger partial charge in [-0.25, -0.2) is 4.98 Å². The van der Waals surface area contributed by atoms with E-state index in [1.165, 1.54) is 0 Å². The summed E-state index contributed by atoms with van der Waals surface area (Å²) in [6.07, 6.45) is 3.09. The van der Waals surface area contributed by atoms with Gasteiger partial charge in [-0.3, -0.25) is 9.59 Å². The van der Waals surface area contributed by atoms with Crippen LogP contribution >= 0.6 is 0 Å². The number of fused-ring (bicyclic) bond motifs is 1. The molecular weight excluding hydrogens is 340 g/mol. The highest BCUT2D eigenvalue weighted by atomic mass is 16.2. The smallest absolute Gasteiger partial charge is 0.227 e. The minimum atomic E-state index is -0.0325. The van der Waals surface area contributed by atoms with Crippen molar-refractivity contribution >= 4 is 22.8 Å². The molecule has 1 aromatic carbocycles. The van der Waals surface area contributed by atoms with Crippen LogP contribution in [0, 0.1) is 5.92 Å². The number of carbonyl (C=O) groups is 2. The highest BCUT2D eigenvalue weighted by Crippen LogP contribution is 2.31. The number of aryl methyl sites for hydroxylation is 1. The third-order valence-electron chi connectivity index (χ3n) is 6.22. The molecule has 2 saturated heterocycles. The summed E-state index contributed by atoms with van der Waals surface area (Å²) in [4.78, 5) is 33.5. The average Bonchev–Trinajstić information content (AvgIpc) is 3.05. The maximum absolute atomic E-state index is 12.9. The van der Waals surface area contributed by atoms with E-state index in [0.717, 1.165) is 42.8 Å². The molecular formula is C21H28N4O2. The third kappa shape index (κ3) is 3.33. The van der Waals surface area contributed by atoms with Gasteiger partial charge in [0.2, 0.25) is 11.8 Å². The van der Waals surface area contributed by atoms with Gasteiger partial charge in [-0.05, 0) is 38.3 Å². The van der Waals surface area contributed by atoms with Crippen molar-refractivity contribution in [3.63, 3.8) is 0 Å². The Labute approximate surface area is 160 Å². The van der Waals surface area contributed by atoms with E-state index < -0.39 is 0 Å². The van der Waals surface area contributed by atoms with E-state index >= 15 is 0 Å². The Morgan fingerprint density at radius 1 is 1.19 bits per heavy atom. The summed E-state index contributed by atoms with van der Waals surface area (Å²) in [5, 5.41) is 0. The number of benzene rings is 1. The molecule has 0 N–H and O–H groups in total. The fraction of sp³-hybridized carbons (Fsp3) is 0.571. The molecule has 2 fully saturated rings. The molecule has 0 saturated carbocycles. The summed E-state index contributed by atoms with van der Waals surface area (Å²) in [6.45, 7) is 4.82. The average molecular weight is 368 g/mol. The number of imidazole rings is 1. The Hall–Kier alpha value is -2.37. The Bertz CT molecular complexity index is 851. The lowest BCUT2D eigenvalue weighted by Crippen LogP contribution is -2.48. The zero-order valence-corrected chi connectivity index (χ0v) is 16.2. The molecule has 0 bridgehead atoms.